The fourth-order valence-corrected chi connectivity index (χ4v) is 15.2. The molecule has 0 N–H and O–H groups in total. The van der Waals surface area contributed by atoms with Crippen LogP contribution in [-0.4, -0.2) is 26.7 Å². The van der Waals surface area contributed by atoms with E-state index in [1.165, 1.54) is 113 Å². The van der Waals surface area contributed by atoms with E-state index >= 15 is 0 Å². The van der Waals surface area contributed by atoms with Gasteiger partial charge in [0.25, 0.3) is 0 Å². The number of halogens is 1. The summed E-state index contributed by atoms with van der Waals surface area (Å²) >= 11 is 3.33. The summed E-state index contributed by atoms with van der Waals surface area (Å²) in [5.41, 5.74) is 0. The minimum Gasteiger partial charge on any atom is -1.00 e. The second kappa shape index (κ2) is 22.5. The summed E-state index contributed by atoms with van der Waals surface area (Å²) in [5, 5.41) is 7.00. The first-order chi connectivity index (χ1) is 28.6. The van der Waals surface area contributed by atoms with Crippen LogP contribution in [0.3, 0.4) is 0 Å². The molecule has 0 aliphatic heterocycles. The van der Waals surface area contributed by atoms with Crippen molar-refractivity contribution in [2.45, 2.75) is 64.2 Å². The molecule has 0 radical (unpaired) electrons. The molecule has 0 bridgehead atoms. The van der Waals surface area contributed by atoms with E-state index in [1.807, 2.05) is 41.7 Å². The first-order valence-corrected chi connectivity index (χ1v) is 24.5. The van der Waals surface area contributed by atoms with Crippen LogP contribution in [-0.2, 0) is 0 Å². The quantitative estimate of drug-likeness (QED) is 0.101. The zero-order chi connectivity index (χ0) is 40.0. The lowest BCUT2D eigenvalue weighted by Gasteiger charge is -2.32. The van der Waals surface area contributed by atoms with Gasteiger partial charge in [0.15, 0.2) is 6.29 Å². The van der Waals surface area contributed by atoms with Gasteiger partial charge < -0.3 is 26.5 Å². The topological polar surface area (TPSA) is 35.5 Å². The molecular weight excluding hydrogens is 848 g/mol. The van der Waals surface area contributed by atoms with E-state index in [-0.39, 0.29) is 17.0 Å². The highest BCUT2D eigenvalue weighted by Crippen LogP contribution is 2.58. The molecule has 5 aromatic carbocycles. The average Bonchev–Trinajstić information content (AvgIpc) is 3.92. The Labute approximate surface area is 370 Å². The maximum atomic E-state index is 10.5. The molecule has 306 valence electrons. The van der Waals surface area contributed by atoms with E-state index in [2.05, 4.69) is 121 Å². The van der Waals surface area contributed by atoms with E-state index in [1.54, 1.807) is 14.2 Å². The van der Waals surface area contributed by atoms with Crippen LogP contribution in [0.5, 0.6) is 11.5 Å². The Morgan fingerprint density at radius 2 is 1.00 bits per heavy atom. The number of fused-ring (bicyclic) bond motifs is 2. The van der Waals surface area contributed by atoms with Gasteiger partial charge in [-0.25, -0.2) is 0 Å². The Bertz CT molecular complexity index is 2250. The normalized spacial score (nSPS) is 14.7. The maximum absolute atomic E-state index is 10.5. The zero-order valence-corrected chi connectivity index (χ0v) is 38.4. The molecule has 9 rings (SSSR count). The van der Waals surface area contributed by atoms with Crippen molar-refractivity contribution < 1.29 is 31.2 Å². The number of ether oxygens (including phenoxy) is 2. The van der Waals surface area contributed by atoms with Gasteiger partial charge in [0, 0.05) is 14.3 Å². The van der Waals surface area contributed by atoms with E-state index in [0.717, 1.165) is 44.6 Å². The van der Waals surface area contributed by atoms with Crippen molar-refractivity contribution in [3.63, 3.8) is 0 Å². The number of hydrogen-bond donors (Lipinski definition) is 0. The Morgan fingerprint density at radius 3 is 1.46 bits per heavy atom. The summed E-state index contributed by atoms with van der Waals surface area (Å²) in [6.45, 7) is 0. The summed E-state index contributed by atoms with van der Waals surface area (Å²) in [5.74, 6) is 3.41. The number of carbonyl (C=O) groups is 1. The molecular formula is C52H56BrO3PS2. The summed E-state index contributed by atoms with van der Waals surface area (Å²) < 4.78 is 12.8. The van der Waals surface area contributed by atoms with Crippen molar-refractivity contribution in [2.75, 3.05) is 20.4 Å². The van der Waals surface area contributed by atoms with Gasteiger partial charge in [-0.2, -0.15) is 0 Å². The predicted molar refractivity (Wildman–Crippen MR) is 254 cm³/mol. The summed E-state index contributed by atoms with van der Waals surface area (Å²) in [6, 6.07) is 50.2. The molecule has 2 saturated carbocycles. The first kappa shape index (κ1) is 44.5. The smallest absolute Gasteiger partial charge is 0.160 e. The monoisotopic (exact) mass is 902 g/mol. The molecule has 0 amide bonds. The Hall–Kier alpha value is -4.06. The highest BCUT2D eigenvalue weighted by Gasteiger charge is 2.46. The predicted octanol–water partition coefficient (Wildman–Crippen LogP) is 10.8. The van der Waals surface area contributed by atoms with E-state index in [4.69, 9.17) is 9.47 Å². The van der Waals surface area contributed by atoms with E-state index < -0.39 is 7.26 Å². The molecule has 0 saturated heterocycles. The molecule has 2 aromatic heterocycles. The van der Waals surface area contributed by atoms with Crippen LogP contribution in [0.15, 0.2) is 146 Å². The summed E-state index contributed by atoms with van der Waals surface area (Å²) in [4.78, 5) is 12.6. The van der Waals surface area contributed by atoms with Gasteiger partial charge in [0.2, 0.25) is 0 Å². The molecule has 7 heteroatoms. The summed E-state index contributed by atoms with van der Waals surface area (Å²) in [6.07, 6.45) is 20.9. The lowest BCUT2D eigenvalue weighted by Crippen LogP contribution is -3.00. The summed E-state index contributed by atoms with van der Waals surface area (Å²) in [7, 11) is 1.73. The Balaban J connectivity index is 0.000000156. The van der Waals surface area contributed by atoms with Gasteiger partial charge in [0.05, 0.1) is 25.3 Å². The Kier molecular flexibility index (Phi) is 17.0. The van der Waals surface area contributed by atoms with Crippen molar-refractivity contribution in [1.29, 1.82) is 0 Å². The third-order valence-corrected chi connectivity index (χ3v) is 18.3. The van der Waals surface area contributed by atoms with Crippen molar-refractivity contribution in [2.24, 2.45) is 11.8 Å². The van der Waals surface area contributed by atoms with Crippen molar-refractivity contribution in [1.82, 2.24) is 0 Å². The van der Waals surface area contributed by atoms with Gasteiger partial charge in [-0.3, -0.25) is 4.79 Å². The van der Waals surface area contributed by atoms with Crippen molar-refractivity contribution in [3.05, 3.63) is 155 Å². The zero-order valence-electron chi connectivity index (χ0n) is 34.3. The third-order valence-electron chi connectivity index (χ3n) is 11.6. The van der Waals surface area contributed by atoms with Gasteiger partial charge in [-0.15, -0.1) is 22.7 Å². The number of thiophene rings is 2. The van der Waals surface area contributed by atoms with Crippen molar-refractivity contribution >= 4 is 78.4 Å². The number of allylic oxidation sites excluding steroid dienone is 1. The van der Waals surface area contributed by atoms with Crippen LogP contribution in [0, 0.1) is 11.8 Å². The molecule has 2 aliphatic rings. The van der Waals surface area contributed by atoms with Crippen LogP contribution in [0.1, 0.15) is 78.8 Å². The molecule has 7 aromatic rings. The van der Waals surface area contributed by atoms with Crippen LogP contribution in [0.4, 0.5) is 0 Å². The second-order valence-corrected chi connectivity index (χ2v) is 21.2. The Morgan fingerprint density at radius 1 is 0.559 bits per heavy atom. The minimum absolute atomic E-state index is 0. The first-order valence-electron chi connectivity index (χ1n) is 20.9. The maximum Gasteiger partial charge on any atom is 0.160 e. The van der Waals surface area contributed by atoms with E-state index in [0.29, 0.717) is 0 Å². The second-order valence-electron chi connectivity index (χ2n) is 15.5. The molecule has 3 nitrogen and oxygen atoms in total. The lowest BCUT2D eigenvalue weighted by molar-refractivity contribution is -0.0000182. The van der Waals surface area contributed by atoms with Crippen LogP contribution < -0.4 is 42.4 Å². The number of methoxy groups -OCH3 is 2. The fourth-order valence-electron chi connectivity index (χ4n) is 8.58. The molecule has 0 unspecified atom stereocenters. The number of hydrogen-bond acceptors (Lipinski definition) is 5. The molecule has 0 spiro atoms. The van der Waals surface area contributed by atoms with Crippen LogP contribution in [0.25, 0.3) is 26.2 Å². The molecule has 2 aliphatic carbocycles. The standard InChI is InChI=1S/C25H28P.C17H20OS.C10H8O2S.BrH/c1-5-13-22(14-6-1)21-26(23-15-7-2-8-16-23,24-17-9-3-10-18-24)25-19-11-4-12-20-25;1-18-15-9-8-14-11-16(19-17(14)12-15)10-7-13-5-3-2-4-6-13;1-12-8-3-2-7-4-9(6-11)13-10(7)5-8;/h2-4,7-12,15-20,22H,1,5-6,13-14,21H2;7-13H,2-6H2,1H3;2-6H,1H3;1H/q+1;;;/p-1. The van der Waals surface area contributed by atoms with Gasteiger partial charge in [0.1, 0.15) is 34.7 Å². The minimum atomic E-state index is -1.62. The molecule has 59 heavy (non-hydrogen) atoms. The largest absolute Gasteiger partial charge is 1.00 e. The van der Waals surface area contributed by atoms with Gasteiger partial charge in [-0.05, 0) is 139 Å². The SMILES string of the molecule is COc1ccc2cc(C=CC3CCCCC3)sc2c1.COc1ccc2cc(C=O)sc2c1.[Br-].c1ccc([P+](CC2CCCCC2)(c2ccccc2)c2ccccc2)cc1. The van der Waals surface area contributed by atoms with Gasteiger partial charge >= 0.3 is 0 Å². The number of benzene rings is 5. The highest BCUT2D eigenvalue weighted by molar-refractivity contribution is 7.95. The fraction of sp³-hybridized carbons (Fsp3) is 0.288. The molecule has 0 atom stereocenters. The van der Waals surface area contributed by atoms with Gasteiger partial charge in [-0.1, -0.05) is 99.2 Å². The average molecular weight is 904 g/mol. The lowest BCUT2D eigenvalue weighted by atomic mass is 9.89. The number of carbonyl (C=O) groups excluding carboxylic acids is 1. The van der Waals surface area contributed by atoms with Crippen LogP contribution >= 0.6 is 29.9 Å². The molecule has 2 fully saturated rings. The molecule has 2 heterocycles. The van der Waals surface area contributed by atoms with Crippen molar-refractivity contribution in [3.8, 4) is 11.5 Å². The highest BCUT2D eigenvalue weighted by atomic mass is 79.9. The van der Waals surface area contributed by atoms with E-state index in [9.17, 15) is 4.79 Å². The third kappa shape index (κ3) is 11.6. The number of aldehydes is 1. The number of rotatable bonds is 10. The van der Waals surface area contributed by atoms with Crippen LogP contribution in [0.2, 0.25) is 0 Å².